The summed E-state index contributed by atoms with van der Waals surface area (Å²) in [5.41, 5.74) is 7.62. The molecule has 2 aromatic carbocycles. The highest BCUT2D eigenvalue weighted by Crippen LogP contribution is 2.20. The summed E-state index contributed by atoms with van der Waals surface area (Å²) >= 11 is 11.8. The molecule has 0 unspecified atom stereocenters. The second-order valence-electron chi connectivity index (χ2n) is 4.35. The van der Waals surface area contributed by atoms with Gasteiger partial charge in [0.25, 0.3) is 0 Å². The summed E-state index contributed by atoms with van der Waals surface area (Å²) in [6.07, 6.45) is 0. The minimum absolute atomic E-state index is 0.00266. The van der Waals surface area contributed by atoms with E-state index in [0.29, 0.717) is 21.2 Å². The fourth-order valence-corrected chi connectivity index (χ4v) is 2.08. The van der Waals surface area contributed by atoms with E-state index < -0.39 is 5.97 Å². The van der Waals surface area contributed by atoms with Crippen molar-refractivity contribution in [3.8, 4) is 0 Å². The first-order chi connectivity index (χ1) is 9.97. The van der Waals surface area contributed by atoms with E-state index in [9.17, 15) is 4.79 Å². The van der Waals surface area contributed by atoms with Gasteiger partial charge in [0.2, 0.25) is 0 Å². The van der Waals surface area contributed by atoms with Gasteiger partial charge >= 0.3 is 5.97 Å². The second kappa shape index (κ2) is 6.61. The Morgan fingerprint density at radius 1 is 1.14 bits per heavy atom. The molecule has 0 bridgehead atoms. The number of carbonyl (C=O) groups is 1. The molecule has 0 radical (unpaired) electrons. The van der Waals surface area contributed by atoms with E-state index in [4.69, 9.17) is 33.8 Å². The average molecular weight is 323 g/mol. The van der Waals surface area contributed by atoms with Gasteiger partial charge in [-0.1, -0.05) is 46.1 Å². The molecule has 0 amide bonds. The van der Waals surface area contributed by atoms with Crippen molar-refractivity contribution in [1.82, 2.24) is 0 Å². The first kappa shape index (κ1) is 15.4. The van der Waals surface area contributed by atoms with E-state index in [1.54, 1.807) is 36.4 Å². The van der Waals surface area contributed by atoms with Crippen LogP contribution in [0.4, 0.5) is 0 Å². The number of halogens is 2. The van der Waals surface area contributed by atoms with Gasteiger partial charge in [-0.05, 0) is 37.3 Å². The predicted octanol–water partition coefficient (Wildman–Crippen LogP) is 3.78. The maximum atomic E-state index is 11.8. The van der Waals surface area contributed by atoms with E-state index in [-0.39, 0.29) is 5.84 Å². The van der Waals surface area contributed by atoms with Crippen LogP contribution in [0.3, 0.4) is 0 Å². The van der Waals surface area contributed by atoms with Crippen molar-refractivity contribution in [2.45, 2.75) is 6.92 Å². The number of aryl methyl sites for hydroxylation is 1. The summed E-state index contributed by atoms with van der Waals surface area (Å²) in [6.45, 7) is 1.92. The standard InChI is InChI=1S/C15H12Cl2N2O2/c1-9-2-4-10(5-3-9)15(20)21-19-14(18)12-7-6-11(16)8-13(12)17/h2-8H,1H3,(H2,18,19). The molecule has 2 rings (SSSR count). The maximum absolute atomic E-state index is 11.8. The topological polar surface area (TPSA) is 64.7 Å². The lowest BCUT2D eigenvalue weighted by Crippen LogP contribution is -2.15. The van der Waals surface area contributed by atoms with Crippen LogP contribution in [0.2, 0.25) is 10.0 Å². The summed E-state index contributed by atoms with van der Waals surface area (Å²) in [5, 5.41) is 4.41. The quantitative estimate of drug-likeness (QED) is 0.405. The van der Waals surface area contributed by atoms with Crippen LogP contribution in [0, 0.1) is 6.92 Å². The Hall–Kier alpha value is -2.04. The average Bonchev–Trinajstić information content (AvgIpc) is 2.45. The molecule has 0 aliphatic heterocycles. The number of hydrogen-bond acceptors (Lipinski definition) is 3. The molecular weight excluding hydrogens is 311 g/mol. The van der Waals surface area contributed by atoms with Crippen LogP contribution < -0.4 is 5.73 Å². The summed E-state index contributed by atoms with van der Waals surface area (Å²) in [4.78, 5) is 16.6. The van der Waals surface area contributed by atoms with E-state index in [2.05, 4.69) is 5.16 Å². The van der Waals surface area contributed by atoms with E-state index in [1.807, 2.05) is 6.92 Å². The minimum atomic E-state index is -0.594. The molecular formula is C15H12Cl2N2O2. The first-order valence-electron chi connectivity index (χ1n) is 6.04. The van der Waals surface area contributed by atoms with Gasteiger partial charge in [-0.3, -0.25) is 0 Å². The third-order valence-corrected chi connectivity index (χ3v) is 3.27. The van der Waals surface area contributed by atoms with Crippen molar-refractivity contribution in [2.24, 2.45) is 10.9 Å². The molecule has 0 saturated heterocycles. The summed E-state index contributed by atoms with van der Waals surface area (Å²) in [6, 6.07) is 11.7. The number of oxime groups is 1. The summed E-state index contributed by atoms with van der Waals surface area (Å²) < 4.78 is 0. The van der Waals surface area contributed by atoms with Crippen molar-refractivity contribution in [3.05, 3.63) is 69.2 Å². The van der Waals surface area contributed by atoms with Gasteiger partial charge in [0.15, 0.2) is 5.84 Å². The van der Waals surface area contributed by atoms with Crippen LogP contribution in [0.1, 0.15) is 21.5 Å². The molecule has 0 aliphatic carbocycles. The zero-order chi connectivity index (χ0) is 15.4. The molecule has 6 heteroatoms. The number of hydrogen-bond donors (Lipinski definition) is 1. The number of nitrogens with zero attached hydrogens (tertiary/aromatic N) is 1. The Kier molecular flexibility index (Phi) is 4.83. The second-order valence-corrected chi connectivity index (χ2v) is 5.19. The zero-order valence-electron chi connectivity index (χ0n) is 11.1. The third-order valence-electron chi connectivity index (χ3n) is 2.72. The molecule has 0 fully saturated rings. The highest BCUT2D eigenvalue weighted by atomic mass is 35.5. The lowest BCUT2D eigenvalue weighted by Gasteiger charge is -2.04. The molecule has 0 atom stereocenters. The van der Waals surface area contributed by atoms with Crippen LogP contribution >= 0.6 is 23.2 Å². The molecule has 0 aromatic heterocycles. The normalized spacial score (nSPS) is 11.3. The van der Waals surface area contributed by atoms with Crippen molar-refractivity contribution in [2.75, 3.05) is 0 Å². The van der Waals surface area contributed by atoms with Crippen molar-refractivity contribution >= 4 is 35.0 Å². The Labute approximate surface area is 132 Å². The highest BCUT2D eigenvalue weighted by Gasteiger charge is 2.09. The number of carbonyl (C=O) groups excluding carboxylic acids is 1. The van der Waals surface area contributed by atoms with Crippen molar-refractivity contribution < 1.29 is 9.63 Å². The molecule has 2 N–H and O–H groups in total. The third kappa shape index (κ3) is 3.97. The molecule has 0 aliphatic rings. The fraction of sp³-hybridized carbons (Fsp3) is 0.0667. The van der Waals surface area contributed by atoms with Gasteiger partial charge in [0.05, 0.1) is 10.6 Å². The van der Waals surface area contributed by atoms with Gasteiger partial charge in [-0.25, -0.2) is 4.79 Å². The monoisotopic (exact) mass is 322 g/mol. The van der Waals surface area contributed by atoms with Gasteiger partial charge in [0, 0.05) is 10.6 Å². The smallest absolute Gasteiger partial charge is 0.365 e. The first-order valence-corrected chi connectivity index (χ1v) is 6.80. The molecule has 21 heavy (non-hydrogen) atoms. The van der Waals surface area contributed by atoms with Crippen LogP contribution in [-0.4, -0.2) is 11.8 Å². The predicted molar refractivity (Wildman–Crippen MR) is 83.8 cm³/mol. The largest absolute Gasteiger partial charge is 0.380 e. The SMILES string of the molecule is Cc1ccc(C(=O)O/N=C(\N)c2ccc(Cl)cc2Cl)cc1. The number of amidine groups is 1. The number of rotatable bonds is 3. The van der Waals surface area contributed by atoms with Gasteiger partial charge in [-0.15, -0.1) is 0 Å². The summed E-state index contributed by atoms with van der Waals surface area (Å²) in [7, 11) is 0. The van der Waals surface area contributed by atoms with Gasteiger partial charge < -0.3 is 10.6 Å². The van der Waals surface area contributed by atoms with Crippen LogP contribution in [-0.2, 0) is 4.84 Å². The Morgan fingerprint density at radius 3 is 2.43 bits per heavy atom. The molecule has 2 aromatic rings. The Balaban J connectivity index is 2.12. The van der Waals surface area contributed by atoms with Crippen LogP contribution in [0.25, 0.3) is 0 Å². The van der Waals surface area contributed by atoms with Crippen LogP contribution in [0.15, 0.2) is 47.6 Å². The van der Waals surface area contributed by atoms with Crippen molar-refractivity contribution in [1.29, 1.82) is 0 Å². The minimum Gasteiger partial charge on any atom is -0.380 e. The van der Waals surface area contributed by atoms with Crippen molar-refractivity contribution in [3.63, 3.8) is 0 Å². The Bertz CT molecular complexity index is 697. The van der Waals surface area contributed by atoms with E-state index in [0.717, 1.165) is 5.56 Å². The maximum Gasteiger partial charge on any atom is 0.365 e. The van der Waals surface area contributed by atoms with Gasteiger partial charge in [-0.2, -0.15) is 0 Å². The number of benzene rings is 2. The molecule has 0 saturated carbocycles. The number of nitrogens with two attached hydrogens (primary N) is 1. The molecule has 0 spiro atoms. The summed E-state index contributed by atoms with van der Waals surface area (Å²) in [5.74, 6) is -0.597. The van der Waals surface area contributed by atoms with Crippen LogP contribution in [0.5, 0.6) is 0 Å². The van der Waals surface area contributed by atoms with E-state index >= 15 is 0 Å². The van der Waals surface area contributed by atoms with E-state index in [1.165, 1.54) is 6.07 Å². The zero-order valence-corrected chi connectivity index (χ0v) is 12.7. The lowest BCUT2D eigenvalue weighted by molar-refractivity contribution is 0.0516. The lowest BCUT2D eigenvalue weighted by atomic mass is 10.2. The molecule has 0 heterocycles. The highest BCUT2D eigenvalue weighted by molar-refractivity contribution is 6.36. The molecule has 108 valence electrons. The molecule has 4 nitrogen and oxygen atoms in total. The van der Waals surface area contributed by atoms with Gasteiger partial charge in [0.1, 0.15) is 0 Å². The Morgan fingerprint density at radius 2 is 1.81 bits per heavy atom. The fourth-order valence-electron chi connectivity index (χ4n) is 1.58.